The van der Waals surface area contributed by atoms with E-state index in [0.29, 0.717) is 31.6 Å². The number of anilines is 2. The number of aliphatic hydroxyl groups excluding tert-OH is 1. The number of aromatic nitrogens is 4. The van der Waals surface area contributed by atoms with Gasteiger partial charge in [-0.2, -0.15) is 0 Å². The molecule has 0 radical (unpaired) electrons. The largest absolute Gasteiger partial charge is 0.394 e. The lowest BCUT2D eigenvalue weighted by Crippen LogP contribution is -2.41. The molecule has 0 saturated heterocycles. The van der Waals surface area contributed by atoms with E-state index in [4.69, 9.17) is 9.84 Å². The Bertz CT molecular complexity index is 682. The normalized spacial score (nSPS) is 14.7. The third-order valence-corrected chi connectivity index (χ3v) is 3.77. The standard InChI is InChI=1S/C15H17BrN6O2/c16-12-8-19-14(20-9-12)21-4-5-22(15-17-2-1-3-18-15)13(10-21)11-24-7-6-23/h1-3,8-10,23H,4-7,11H2. The molecule has 3 heterocycles. The summed E-state index contributed by atoms with van der Waals surface area (Å²) < 4.78 is 6.32. The van der Waals surface area contributed by atoms with E-state index in [0.717, 1.165) is 10.2 Å². The maximum Gasteiger partial charge on any atom is 0.229 e. The third-order valence-electron chi connectivity index (χ3n) is 3.36. The Hall–Kier alpha value is -2.10. The van der Waals surface area contributed by atoms with Crippen LogP contribution in [0.15, 0.2) is 47.2 Å². The minimum absolute atomic E-state index is 0.0192. The topological polar surface area (TPSA) is 87.5 Å². The van der Waals surface area contributed by atoms with Crippen molar-refractivity contribution in [2.75, 3.05) is 42.7 Å². The predicted octanol–water partition coefficient (Wildman–Crippen LogP) is 1.21. The molecule has 0 amide bonds. The molecule has 0 saturated carbocycles. The summed E-state index contributed by atoms with van der Waals surface area (Å²) in [5.41, 5.74) is 0.882. The molecule has 0 atom stereocenters. The average molecular weight is 393 g/mol. The van der Waals surface area contributed by atoms with Gasteiger partial charge in [0.2, 0.25) is 11.9 Å². The first-order valence-electron chi connectivity index (χ1n) is 7.46. The minimum Gasteiger partial charge on any atom is -0.394 e. The highest BCUT2D eigenvalue weighted by Crippen LogP contribution is 2.21. The fourth-order valence-electron chi connectivity index (χ4n) is 2.29. The van der Waals surface area contributed by atoms with Crippen molar-refractivity contribution in [2.24, 2.45) is 0 Å². The summed E-state index contributed by atoms with van der Waals surface area (Å²) >= 11 is 3.34. The van der Waals surface area contributed by atoms with Crippen molar-refractivity contribution >= 4 is 27.8 Å². The van der Waals surface area contributed by atoms with Gasteiger partial charge in [-0.1, -0.05) is 0 Å². The molecule has 1 aliphatic rings. The number of hydrogen-bond donors (Lipinski definition) is 1. The van der Waals surface area contributed by atoms with E-state index in [1.165, 1.54) is 0 Å². The summed E-state index contributed by atoms with van der Waals surface area (Å²) in [5, 5.41) is 8.92. The van der Waals surface area contributed by atoms with Crippen LogP contribution in [0.25, 0.3) is 0 Å². The molecule has 3 rings (SSSR count). The SMILES string of the molecule is OCCOCC1=CN(c2ncc(Br)cn2)CCN1c1ncccn1. The molecule has 0 unspecified atom stereocenters. The second-order valence-electron chi connectivity index (χ2n) is 4.99. The molecule has 24 heavy (non-hydrogen) atoms. The van der Waals surface area contributed by atoms with Crippen molar-refractivity contribution in [3.05, 3.63) is 47.2 Å². The van der Waals surface area contributed by atoms with Gasteiger partial charge in [0.05, 0.1) is 30.0 Å². The molecule has 0 aliphatic carbocycles. The van der Waals surface area contributed by atoms with E-state index >= 15 is 0 Å². The van der Waals surface area contributed by atoms with Crippen LogP contribution >= 0.6 is 15.9 Å². The van der Waals surface area contributed by atoms with Gasteiger partial charge in [-0.25, -0.2) is 19.9 Å². The fourth-order valence-corrected chi connectivity index (χ4v) is 2.50. The molecule has 8 nitrogen and oxygen atoms in total. The first-order chi connectivity index (χ1) is 11.8. The second-order valence-corrected chi connectivity index (χ2v) is 5.91. The van der Waals surface area contributed by atoms with Gasteiger partial charge in [0.25, 0.3) is 0 Å². The molecule has 0 aromatic carbocycles. The summed E-state index contributed by atoms with van der Waals surface area (Å²) in [4.78, 5) is 21.2. The van der Waals surface area contributed by atoms with Crippen LogP contribution in [0.3, 0.4) is 0 Å². The lowest BCUT2D eigenvalue weighted by Gasteiger charge is -2.33. The van der Waals surface area contributed by atoms with Crippen molar-refractivity contribution in [1.82, 2.24) is 19.9 Å². The maximum absolute atomic E-state index is 8.92. The highest BCUT2D eigenvalue weighted by Gasteiger charge is 2.23. The molecule has 0 fully saturated rings. The molecule has 1 aliphatic heterocycles. The number of ether oxygens (including phenoxy) is 1. The van der Waals surface area contributed by atoms with Crippen LogP contribution in [0.2, 0.25) is 0 Å². The van der Waals surface area contributed by atoms with Gasteiger partial charge in [-0.05, 0) is 22.0 Å². The molecule has 2 aromatic heterocycles. The van der Waals surface area contributed by atoms with Gasteiger partial charge < -0.3 is 19.6 Å². The van der Waals surface area contributed by atoms with Crippen LogP contribution in [-0.4, -0.2) is 58.0 Å². The van der Waals surface area contributed by atoms with E-state index in [1.807, 2.05) is 16.0 Å². The number of hydrogen-bond acceptors (Lipinski definition) is 8. The van der Waals surface area contributed by atoms with E-state index in [9.17, 15) is 0 Å². The number of nitrogens with zero attached hydrogens (tertiary/aromatic N) is 6. The summed E-state index contributed by atoms with van der Waals surface area (Å²) in [7, 11) is 0. The van der Waals surface area contributed by atoms with Crippen LogP contribution in [0.4, 0.5) is 11.9 Å². The average Bonchev–Trinajstić information content (AvgIpc) is 2.63. The number of rotatable bonds is 6. The highest BCUT2D eigenvalue weighted by molar-refractivity contribution is 9.10. The van der Waals surface area contributed by atoms with Crippen LogP contribution in [0.5, 0.6) is 0 Å². The summed E-state index contributed by atoms with van der Waals surface area (Å²) in [5.74, 6) is 1.24. The van der Waals surface area contributed by atoms with Crippen molar-refractivity contribution in [3.63, 3.8) is 0 Å². The van der Waals surface area contributed by atoms with Crippen molar-refractivity contribution in [3.8, 4) is 0 Å². The maximum atomic E-state index is 8.92. The Morgan fingerprint density at radius 1 is 1.08 bits per heavy atom. The van der Waals surface area contributed by atoms with Gasteiger partial charge in [0.15, 0.2) is 0 Å². The zero-order chi connectivity index (χ0) is 16.8. The summed E-state index contributed by atoms with van der Waals surface area (Å²) in [6.45, 7) is 1.97. The van der Waals surface area contributed by atoms with Crippen LogP contribution in [-0.2, 0) is 4.74 Å². The third kappa shape index (κ3) is 4.05. The van der Waals surface area contributed by atoms with E-state index in [2.05, 4.69) is 35.9 Å². The Kier molecular flexibility index (Phi) is 5.68. The predicted molar refractivity (Wildman–Crippen MR) is 92.4 cm³/mol. The number of aliphatic hydroxyl groups is 1. The molecule has 0 bridgehead atoms. The Morgan fingerprint density at radius 2 is 1.83 bits per heavy atom. The highest BCUT2D eigenvalue weighted by atomic mass is 79.9. The Balaban J connectivity index is 1.84. The van der Waals surface area contributed by atoms with Gasteiger partial charge in [-0.3, -0.25) is 0 Å². The number of halogens is 1. The van der Waals surface area contributed by atoms with Crippen molar-refractivity contribution in [1.29, 1.82) is 0 Å². The van der Waals surface area contributed by atoms with Gasteiger partial charge in [0, 0.05) is 44.1 Å². The molecule has 0 spiro atoms. The van der Waals surface area contributed by atoms with E-state index < -0.39 is 0 Å². The zero-order valence-electron chi connectivity index (χ0n) is 12.9. The first-order valence-corrected chi connectivity index (χ1v) is 8.25. The summed E-state index contributed by atoms with van der Waals surface area (Å²) in [6.07, 6.45) is 8.77. The van der Waals surface area contributed by atoms with Crippen LogP contribution in [0.1, 0.15) is 0 Å². The molecule has 9 heteroatoms. The van der Waals surface area contributed by atoms with Crippen molar-refractivity contribution < 1.29 is 9.84 Å². The second kappa shape index (κ2) is 8.13. The molecule has 126 valence electrons. The Morgan fingerprint density at radius 3 is 2.54 bits per heavy atom. The Labute approximate surface area is 148 Å². The molecular weight excluding hydrogens is 376 g/mol. The van der Waals surface area contributed by atoms with E-state index in [-0.39, 0.29) is 13.2 Å². The van der Waals surface area contributed by atoms with Crippen molar-refractivity contribution in [2.45, 2.75) is 0 Å². The minimum atomic E-state index is -0.0192. The van der Waals surface area contributed by atoms with Gasteiger partial charge in [0.1, 0.15) is 0 Å². The van der Waals surface area contributed by atoms with Crippen LogP contribution < -0.4 is 9.80 Å². The quantitative estimate of drug-likeness (QED) is 0.733. The fraction of sp³-hybridized carbons (Fsp3) is 0.333. The molecular formula is C15H17BrN6O2. The van der Waals surface area contributed by atoms with Gasteiger partial charge in [-0.15, -0.1) is 0 Å². The van der Waals surface area contributed by atoms with Crippen LogP contribution in [0, 0.1) is 0 Å². The molecule has 2 aromatic rings. The lowest BCUT2D eigenvalue weighted by atomic mass is 10.3. The zero-order valence-corrected chi connectivity index (χ0v) is 14.5. The summed E-state index contributed by atoms with van der Waals surface area (Å²) in [6, 6.07) is 1.78. The van der Waals surface area contributed by atoms with Gasteiger partial charge >= 0.3 is 0 Å². The first kappa shape index (κ1) is 16.7. The monoisotopic (exact) mass is 392 g/mol. The lowest BCUT2D eigenvalue weighted by molar-refractivity contribution is 0.106. The smallest absolute Gasteiger partial charge is 0.229 e. The van der Waals surface area contributed by atoms with E-state index in [1.54, 1.807) is 30.9 Å². The molecule has 1 N–H and O–H groups in total.